The molecule has 1 amide bonds. The van der Waals surface area contributed by atoms with Gasteiger partial charge in [-0.2, -0.15) is 0 Å². The zero-order valence-corrected chi connectivity index (χ0v) is 11.1. The minimum Gasteiger partial charge on any atom is -0.469 e. The fourth-order valence-corrected chi connectivity index (χ4v) is 2.02. The normalized spacial score (nSPS) is 18.5. The number of rotatable bonds is 5. The molecule has 1 aliphatic rings. The van der Waals surface area contributed by atoms with E-state index in [2.05, 4.69) is 9.64 Å². The number of ether oxygens (including phenoxy) is 1. The van der Waals surface area contributed by atoms with Gasteiger partial charge < -0.3 is 14.7 Å². The second kappa shape index (κ2) is 7.33. The highest BCUT2D eigenvalue weighted by Gasteiger charge is 2.20. The zero-order valence-electron chi connectivity index (χ0n) is 11.1. The number of methoxy groups -OCH3 is 1. The lowest BCUT2D eigenvalue weighted by atomic mass is 10.1. The highest BCUT2D eigenvalue weighted by atomic mass is 16.5. The van der Waals surface area contributed by atoms with Crippen molar-refractivity contribution in [1.82, 2.24) is 9.80 Å². The van der Waals surface area contributed by atoms with Gasteiger partial charge in [0.15, 0.2) is 0 Å². The fourth-order valence-electron chi connectivity index (χ4n) is 2.02. The molecule has 1 saturated heterocycles. The molecule has 0 aromatic carbocycles. The number of amides is 1. The van der Waals surface area contributed by atoms with Crippen molar-refractivity contribution < 1.29 is 19.4 Å². The van der Waals surface area contributed by atoms with Gasteiger partial charge in [0.1, 0.15) is 0 Å². The van der Waals surface area contributed by atoms with Crippen LogP contribution >= 0.6 is 0 Å². The van der Waals surface area contributed by atoms with Gasteiger partial charge in [0.05, 0.1) is 13.2 Å². The van der Waals surface area contributed by atoms with Crippen LogP contribution in [0.15, 0.2) is 0 Å². The molecule has 6 nitrogen and oxygen atoms in total. The maximum absolute atomic E-state index is 11.1. The molecule has 1 aliphatic heterocycles. The van der Waals surface area contributed by atoms with E-state index in [1.807, 2.05) is 0 Å². The Kier molecular flexibility index (Phi) is 6.07. The maximum atomic E-state index is 11.1. The van der Waals surface area contributed by atoms with E-state index in [0.717, 1.165) is 13.1 Å². The van der Waals surface area contributed by atoms with Crippen LogP contribution < -0.4 is 0 Å². The van der Waals surface area contributed by atoms with Crippen LogP contribution in [0.5, 0.6) is 0 Å². The van der Waals surface area contributed by atoms with Crippen molar-refractivity contribution >= 4 is 11.9 Å². The van der Waals surface area contributed by atoms with Crippen LogP contribution in [0.4, 0.5) is 0 Å². The number of aliphatic hydroxyl groups is 1. The van der Waals surface area contributed by atoms with E-state index >= 15 is 0 Å². The second-order valence-corrected chi connectivity index (χ2v) is 4.58. The largest absolute Gasteiger partial charge is 0.469 e. The smallest absolute Gasteiger partial charge is 0.305 e. The third-order valence-electron chi connectivity index (χ3n) is 3.20. The topological polar surface area (TPSA) is 70.1 Å². The summed E-state index contributed by atoms with van der Waals surface area (Å²) in [6.07, 6.45) is 0.137. The molecule has 0 radical (unpaired) electrons. The van der Waals surface area contributed by atoms with Crippen LogP contribution in [-0.2, 0) is 14.3 Å². The Bertz CT molecular complexity index is 288. The second-order valence-electron chi connectivity index (χ2n) is 4.58. The molecule has 0 aliphatic carbocycles. The van der Waals surface area contributed by atoms with Gasteiger partial charge in [-0.1, -0.05) is 0 Å². The van der Waals surface area contributed by atoms with Gasteiger partial charge in [0.25, 0.3) is 0 Å². The number of carbonyl (C=O) groups is 2. The van der Waals surface area contributed by atoms with E-state index in [1.165, 1.54) is 7.11 Å². The van der Waals surface area contributed by atoms with Gasteiger partial charge in [0, 0.05) is 46.1 Å². The van der Waals surface area contributed by atoms with E-state index in [1.54, 1.807) is 11.8 Å². The summed E-state index contributed by atoms with van der Waals surface area (Å²) in [7, 11) is 1.34. The third kappa shape index (κ3) is 5.01. The Morgan fingerprint density at radius 3 is 2.39 bits per heavy atom. The predicted octanol–water partition coefficient (Wildman–Crippen LogP) is -0.535. The van der Waals surface area contributed by atoms with Gasteiger partial charge in [-0.05, 0) is 6.42 Å². The van der Waals surface area contributed by atoms with E-state index in [-0.39, 0.29) is 18.3 Å². The number of β-amino-alcohol motifs (C(OH)–C–C–N with tert-alkyl or cyclic N) is 1. The van der Waals surface area contributed by atoms with Gasteiger partial charge in [0.2, 0.25) is 5.91 Å². The number of aliphatic hydroxyl groups excluding tert-OH is 1. The summed E-state index contributed by atoms with van der Waals surface area (Å²) >= 11 is 0. The highest BCUT2D eigenvalue weighted by Crippen LogP contribution is 2.06. The van der Waals surface area contributed by atoms with Crippen molar-refractivity contribution in [2.45, 2.75) is 25.9 Å². The quantitative estimate of drug-likeness (QED) is 0.671. The monoisotopic (exact) mass is 258 g/mol. The lowest BCUT2D eigenvalue weighted by Crippen LogP contribution is -2.49. The lowest BCUT2D eigenvalue weighted by Gasteiger charge is -2.35. The Morgan fingerprint density at radius 1 is 1.28 bits per heavy atom. The molecule has 0 spiro atoms. The number of nitrogens with zero attached hydrogens (tertiary/aromatic N) is 2. The van der Waals surface area contributed by atoms with Crippen LogP contribution in [0.1, 0.15) is 19.8 Å². The first-order valence-electron chi connectivity index (χ1n) is 6.25. The standard InChI is InChI=1S/C12H22N2O4/c1-10(15)14-7-5-13(6-8-14)9-11(16)3-4-12(17)18-2/h11,16H,3-9H2,1-2H3. The minimum absolute atomic E-state index is 0.0980. The van der Waals surface area contributed by atoms with Gasteiger partial charge >= 0.3 is 5.97 Å². The number of esters is 1. The molecule has 1 rings (SSSR count). The lowest BCUT2D eigenvalue weighted by molar-refractivity contribution is -0.141. The molecule has 1 fully saturated rings. The van der Waals surface area contributed by atoms with Crippen LogP contribution in [0.2, 0.25) is 0 Å². The van der Waals surface area contributed by atoms with E-state index in [0.29, 0.717) is 26.1 Å². The average molecular weight is 258 g/mol. The number of hydrogen-bond acceptors (Lipinski definition) is 5. The maximum Gasteiger partial charge on any atom is 0.305 e. The van der Waals surface area contributed by atoms with E-state index in [4.69, 9.17) is 0 Å². The molecule has 1 atom stereocenters. The first-order valence-corrected chi connectivity index (χ1v) is 6.25. The molecule has 1 unspecified atom stereocenters. The van der Waals surface area contributed by atoms with Crippen molar-refractivity contribution in [3.63, 3.8) is 0 Å². The zero-order chi connectivity index (χ0) is 13.5. The summed E-state index contributed by atoms with van der Waals surface area (Å²) in [4.78, 5) is 26.0. The molecule has 0 aromatic heterocycles. The number of carbonyl (C=O) groups excluding carboxylic acids is 2. The van der Waals surface area contributed by atoms with Gasteiger partial charge in [-0.3, -0.25) is 14.5 Å². The van der Waals surface area contributed by atoms with Crippen molar-refractivity contribution in [3.05, 3.63) is 0 Å². The summed E-state index contributed by atoms with van der Waals surface area (Å²) in [5.74, 6) is -0.198. The Balaban J connectivity index is 2.20. The molecule has 18 heavy (non-hydrogen) atoms. The van der Waals surface area contributed by atoms with Crippen molar-refractivity contribution in [2.75, 3.05) is 39.8 Å². The summed E-state index contributed by atoms with van der Waals surface area (Å²) in [5.41, 5.74) is 0. The van der Waals surface area contributed by atoms with Crippen molar-refractivity contribution in [2.24, 2.45) is 0 Å². The van der Waals surface area contributed by atoms with Crippen LogP contribution in [0.25, 0.3) is 0 Å². The third-order valence-corrected chi connectivity index (χ3v) is 3.20. The molecule has 1 N–H and O–H groups in total. The SMILES string of the molecule is COC(=O)CCC(O)CN1CCN(C(C)=O)CC1. The van der Waals surface area contributed by atoms with Gasteiger partial charge in [-0.25, -0.2) is 0 Å². The average Bonchev–Trinajstić information content (AvgIpc) is 2.36. The number of piperazine rings is 1. The van der Waals surface area contributed by atoms with Crippen LogP contribution in [0, 0.1) is 0 Å². The predicted molar refractivity (Wildman–Crippen MR) is 66.0 cm³/mol. The molecular formula is C12H22N2O4. The molecule has 0 bridgehead atoms. The van der Waals surface area contributed by atoms with E-state index in [9.17, 15) is 14.7 Å². The Morgan fingerprint density at radius 2 is 1.89 bits per heavy atom. The first kappa shape index (κ1) is 14.9. The Labute approximate surface area is 107 Å². The van der Waals surface area contributed by atoms with Crippen molar-refractivity contribution in [1.29, 1.82) is 0 Å². The highest BCUT2D eigenvalue weighted by molar-refractivity contribution is 5.73. The number of hydrogen-bond donors (Lipinski definition) is 1. The molecular weight excluding hydrogens is 236 g/mol. The summed E-state index contributed by atoms with van der Waals surface area (Å²) in [6, 6.07) is 0. The first-order chi connectivity index (χ1) is 8.52. The Hall–Kier alpha value is -1.14. The molecule has 6 heteroatoms. The van der Waals surface area contributed by atoms with E-state index < -0.39 is 6.10 Å². The van der Waals surface area contributed by atoms with Crippen molar-refractivity contribution in [3.8, 4) is 0 Å². The fraction of sp³-hybridized carbons (Fsp3) is 0.833. The van der Waals surface area contributed by atoms with Crippen LogP contribution in [-0.4, -0.2) is 72.7 Å². The summed E-state index contributed by atoms with van der Waals surface area (Å²) < 4.78 is 4.52. The molecule has 1 heterocycles. The minimum atomic E-state index is -0.520. The molecule has 0 saturated carbocycles. The molecule has 104 valence electrons. The summed E-state index contributed by atoms with van der Waals surface area (Å²) in [5, 5.41) is 9.79. The van der Waals surface area contributed by atoms with Crippen LogP contribution in [0.3, 0.4) is 0 Å². The summed E-state index contributed by atoms with van der Waals surface area (Å²) in [6.45, 7) is 5.07. The van der Waals surface area contributed by atoms with Gasteiger partial charge in [-0.15, -0.1) is 0 Å². The molecule has 0 aromatic rings.